The Bertz CT molecular complexity index is 975. The summed E-state index contributed by atoms with van der Waals surface area (Å²) in [6, 6.07) is 7.14. The largest absolute Gasteiger partial charge is 0.495 e. The van der Waals surface area contributed by atoms with Gasteiger partial charge in [-0.15, -0.1) is 11.3 Å². The molecule has 2 aromatic heterocycles. The van der Waals surface area contributed by atoms with E-state index in [-0.39, 0.29) is 17.9 Å². The van der Waals surface area contributed by atoms with Crippen molar-refractivity contribution in [2.24, 2.45) is 0 Å². The van der Waals surface area contributed by atoms with E-state index in [0.29, 0.717) is 27.5 Å². The number of carbonyl (C=O) groups excluding carboxylic acids is 1. The molecule has 0 saturated carbocycles. The highest BCUT2D eigenvalue weighted by molar-refractivity contribution is 7.18. The van der Waals surface area contributed by atoms with Gasteiger partial charge in [-0.2, -0.15) is 0 Å². The Hall–Kier alpha value is -2.67. The fourth-order valence-electron chi connectivity index (χ4n) is 2.48. The van der Waals surface area contributed by atoms with Gasteiger partial charge in [0.05, 0.1) is 24.6 Å². The van der Waals surface area contributed by atoms with Crippen molar-refractivity contribution in [1.82, 2.24) is 9.97 Å². The van der Waals surface area contributed by atoms with Gasteiger partial charge in [0.25, 0.3) is 5.56 Å². The molecule has 0 fully saturated rings. The van der Waals surface area contributed by atoms with E-state index in [2.05, 4.69) is 15.3 Å². The molecule has 0 atom stereocenters. The molecule has 2 heterocycles. The number of rotatable bonds is 4. The predicted octanol–water partition coefficient (Wildman–Crippen LogP) is 2.79. The Labute approximate surface area is 142 Å². The number of benzene rings is 1. The lowest BCUT2D eigenvalue weighted by molar-refractivity contribution is -0.115. The van der Waals surface area contributed by atoms with Crippen LogP contribution in [0.5, 0.6) is 5.75 Å². The molecule has 0 bridgehead atoms. The summed E-state index contributed by atoms with van der Waals surface area (Å²) in [7, 11) is 1.54. The standard InChI is InChI=1S/C17H17N3O3S/c1-9-10(2)24-17-15(9)16(22)19-13(20-17)8-14(21)18-11-6-4-5-7-12(11)23-3/h4-7H,8H2,1-3H3,(H,18,21)(H,19,20,22). The van der Waals surface area contributed by atoms with E-state index in [0.717, 1.165) is 10.4 Å². The van der Waals surface area contributed by atoms with Gasteiger partial charge in [0.15, 0.2) is 0 Å². The molecule has 24 heavy (non-hydrogen) atoms. The molecule has 0 saturated heterocycles. The maximum Gasteiger partial charge on any atom is 0.259 e. The number of thiophene rings is 1. The summed E-state index contributed by atoms with van der Waals surface area (Å²) < 4.78 is 5.20. The average Bonchev–Trinajstić information content (AvgIpc) is 2.82. The Balaban J connectivity index is 1.84. The molecule has 1 amide bonds. The number of aromatic nitrogens is 2. The monoisotopic (exact) mass is 343 g/mol. The molecular formula is C17H17N3O3S. The third kappa shape index (κ3) is 3.03. The van der Waals surface area contributed by atoms with Crippen molar-refractivity contribution in [2.75, 3.05) is 12.4 Å². The maximum absolute atomic E-state index is 12.2. The molecule has 0 radical (unpaired) electrons. The summed E-state index contributed by atoms with van der Waals surface area (Å²) in [6.45, 7) is 3.86. The van der Waals surface area contributed by atoms with Crippen LogP contribution in [0.25, 0.3) is 10.2 Å². The van der Waals surface area contributed by atoms with Gasteiger partial charge in [-0.1, -0.05) is 12.1 Å². The number of amides is 1. The lowest BCUT2D eigenvalue weighted by atomic mass is 10.2. The SMILES string of the molecule is COc1ccccc1NC(=O)Cc1nc2sc(C)c(C)c2c(=O)[nH]1. The molecule has 0 unspecified atom stereocenters. The van der Waals surface area contributed by atoms with Crippen LogP contribution in [0.2, 0.25) is 0 Å². The first-order valence-electron chi connectivity index (χ1n) is 7.41. The number of para-hydroxylation sites is 2. The second-order valence-electron chi connectivity index (χ2n) is 5.40. The van der Waals surface area contributed by atoms with Crippen LogP contribution in [0.4, 0.5) is 5.69 Å². The smallest absolute Gasteiger partial charge is 0.259 e. The van der Waals surface area contributed by atoms with Crippen molar-refractivity contribution in [3.8, 4) is 5.75 Å². The van der Waals surface area contributed by atoms with Crippen LogP contribution >= 0.6 is 11.3 Å². The van der Waals surface area contributed by atoms with E-state index in [4.69, 9.17) is 4.74 Å². The van der Waals surface area contributed by atoms with E-state index >= 15 is 0 Å². The van der Waals surface area contributed by atoms with Gasteiger partial charge in [-0.3, -0.25) is 9.59 Å². The molecule has 1 aromatic carbocycles. The molecule has 2 N–H and O–H groups in total. The topological polar surface area (TPSA) is 84.1 Å². The average molecular weight is 343 g/mol. The molecule has 0 aliphatic carbocycles. The number of aromatic amines is 1. The van der Waals surface area contributed by atoms with E-state index in [1.54, 1.807) is 19.2 Å². The van der Waals surface area contributed by atoms with Crippen LogP contribution in [-0.2, 0) is 11.2 Å². The number of ether oxygens (including phenoxy) is 1. The van der Waals surface area contributed by atoms with Crippen molar-refractivity contribution < 1.29 is 9.53 Å². The summed E-state index contributed by atoms with van der Waals surface area (Å²) in [5, 5.41) is 3.37. The highest BCUT2D eigenvalue weighted by Gasteiger charge is 2.14. The fraction of sp³-hybridized carbons (Fsp3) is 0.235. The molecular weight excluding hydrogens is 326 g/mol. The second kappa shape index (κ2) is 6.45. The van der Waals surface area contributed by atoms with Gasteiger partial charge >= 0.3 is 0 Å². The van der Waals surface area contributed by atoms with Crippen LogP contribution in [-0.4, -0.2) is 23.0 Å². The first-order valence-corrected chi connectivity index (χ1v) is 8.23. The minimum Gasteiger partial charge on any atom is -0.495 e. The maximum atomic E-state index is 12.2. The molecule has 3 rings (SSSR count). The second-order valence-corrected chi connectivity index (χ2v) is 6.60. The summed E-state index contributed by atoms with van der Waals surface area (Å²) in [4.78, 5) is 33.3. The Morgan fingerprint density at radius 1 is 1.33 bits per heavy atom. The number of aryl methyl sites for hydroxylation is 2. The number of H-pyrrole nitrogens is 1. The first kappa shape index (κ1) is 16.2. The number of hydrogen-bond donors (Lipinski definition) is 2. The van der Waals surface area contributed by atoms with Gasteiger partial charge in [-0.05, 0) is 31.5 Å². The van der Waals surface area contributed by atoms with Gasteiger partial charge in [0, 0.05) is 4.88 Å². The van der Waals surface area contributed by atoms with Crippen molar-refractivity contribution in [3.63, 3.8) is 0 Å². The number of carbonyl (C=O) groups is 1. The molecule has 6 nitrogen and oxygen atoms in total. The zero-order chi connectivity index (χ0) is 17.3. The van der Waals surface area contributed by atoms with Gasteiger partial charge < -0.3 is 15.0 Å². The van der Waals surface area contributed by atoms with Crippen LogP contribution in [0.1, 0.15) is 16.3 Å². The highest BCUT2D eigenvalue weighted by atomic mass is 32.1. The number of anilines is 1. The predicted molar refractivity (Wildman–Crippen MR) is 95.0 cm³/mol. The summed E-state index contributed by atoms with van der Waals surface area (Å²) in [5.74, 6) is 0.653. The minimum absolute atomic E-state index is 0.0147. The Kier molecular flexibility index (Phi) is 4.35. The number of nitrogens with zero attached hydrogens (tertiary/aromatic N) is 1. The van der Waals surface area contributed by atoms with Gasteiger partial charge in [0.2, 0.25) is 5.91 Å². The Morgan fingerprint density at radius 3 is 2.83 bits per heavy atom. The lowest BCUT2D eigenvalue weighted by Gasteiger charge is -2.09. The van der Waals surface area contributed by atoms with E-state index in [1.807, 2.05) is 26.0 Å². The van der Waals surface area contributed by atoms with Crippen LogP contribution in [0.3, 0.4) is 0 Å². The third-order valence-electron chi connectivity index (χ3n) is 3.80. The van der Waals surface area contributed by atoms with Crippen molar-refractivity contribution in [1.29, 1.82) is 0 Å². The molecule has 0 spiro atoms. The quantitative estimate of drug-likeness (QED) is 0.763. The lowest BCUT2D eigenvalue weighted by Crippen LogP contribution is -2.19. The molecule has 3 aromatic rings. The van der Waals surface area contributed by atoms with Crippen molar-refractivity contribution in [3.05, 3.63) is 50.9 Å². The summed E-state index contributed by atoms with van der Waals surface area (Å²) >= 11 is 1.46. The zero-order valence-electron chi connectivity index (χ0n) is 13.6. The summed E-state index contributed by atoms with van der Waals surface area (Å²) in [5.41, 5.74) is 1.31. The zero-order valence-corrected chi connectivity index (χ0v) is 14.4. The van der Waals surface area contributed by atoms with Crippen LogP contribution in [0, 0.1) is 13.8 Å². The number of fused-ring (bicyclic) bond motifs is 1. The molecule has 0 aliphatic heterocycles. The Morgan fingerprint density at radius 2 is 2.08 bits per heavy atom. The molecule has 124 valence electrons. The van der Waals surface area contributed by atoms with E-state index < -0.39 is 0 Å². The molecule has 7 heteroatoms. The number of hydrogen-bond acceptors (Lipinski definition) is 5. The minimum atomic E-state index is -0.271. The number of methoxy groups -OCH3 is 1. The normalized spacial score (nSPS) is 10.8. The van der Waals surface area contributed by atoms with E-state index in [9.17, 15) is 9.59 Å². The third-order valence-corrected chi connectivity index (χ3v) is 4.90. The van der Waals surface area contributed by atoms with E-state index in [1.165, 1.54) is 11.3 Å². The molecule has 0 aliphatic rings. The summed E-state index contributed by atoms with van der Waals surface area (Å²) in [6.07, 6.45) is -0.0147. The van der Waals surface area contributed by atoms with Crippen LogP contribution < -0.4 is 15.6 Å². The van der Waals surface area contributed by atoms with Crippen molar-refractivity contribution >= 4 is 33.1 Å². The first-order chi connectivity index (χ1) is 11.5. The van der Waals surface area contributed by atoms with Gasteiger partial charge in [0.1, 0.15) is 16.4 Å². The van der Waals surface area contributed by atoms with Crippen molar-refractivity contribution in [2.45, 2.75) is 20.3 Å². The van der Waals surface area contributed by atoms with Gasteiger partial charge in [-0.25, -0.2) is 4.98 Å². The van der Waals surface area contributed by atoms with Crippen LogP contribution in [0.15, 0.2) is 29.1 Å². The number of nitrogens with one attached hydrogen (secondary N) is 2. The fourth-order valence-corrected chi connectivity index (χ4v) is 3.53. The highest BCUT2D eigenvalue weighted by Crippen LogP contribution is 2.26.